The lowest BCUT2D eigenvalue weighted by Gasteiger charge is -2.04. The summed E-state index contributed by atoms with van der Waals surface area (Å²) in [6.07, 6.45) is 0.924. The molecule has 0 radical (unpaired) electrons. The maximum atomic E-state index is 12.4. The molecule has 0 bridgehead atoms. The molecule has 0 unspecified atom stereocenters. The Hall–Kier alpha value is -1.95. The number of hydrogen-bond acceptors (Lipinski definition) is 3. The molecule has 0 aliphatic rings. The molecule has 0 N–H and O–H groups in total. The summed E-state index contributed by atoms with van der Waals surface area (Å²) in [5.41, 5.74) is 2.04. The molecule has 0 aliphatic carbocycles. The van der Waals surface area contributed by atoms with Gasteiger partial charge in [0.25, 0.3) is 0 Å². The standard InChI is InChI=1S/C19H19ClN2O2S/c1-24-13-12-22-16-8-4-5-9-17(16)25-19(22)21-18(23)11-10-14-6-2-3-7-15(14)20/h2-9H,10-13H2,1H3. The summed E-state index contributed by atoms with van der Waals surface area (Å²) in [6.45, 7) is 1.23. The van der Waals surface area contributed by atoms with Gasteiger partial charge in [0.15, 0.2) is 4.80 Å². The number of rotatable bonds is 6. The summed E-state index contributed by atoms with van der Waals surface area (Å²) in [6, 6.07) is 15.6. The van der Waals surface area contributed by atoms with Gasteiger partial charge in [0, 0.05) is 25.1 Å². The minimum absolute atomic E-state index is 0.141. The van der Waals surface area contributed by atoms with Crippen LogP contribution >= 0.6 is 22.9 Å². The largest absolute Gasteiger partial charge is 0.383 e. The molecule has 0 saturated heterocycles. The Morgan fingerprint density at radius 3 is 2.76 bits per heavy atom. The average molecular weight is 375 g/mol. The molecule has 130 valence electrons. The summed E-state index contributed by atoms with van der Waals surface area (Å²) in [5, 5.41) is 0.687. The Bertz CT molecular complexity index is 946. The number of nitrogens with zero attached hydrogens (tertiary/aromatic N) is 2. The normalized spacial score (nSPS) is 12.0. The van der Waals surface area contributed by atoms with E-state index < -0.39 is 0 Å². The number of aromatic nitrogens is 1. The molecule has 0 saturated carbocycles. The highest BCUT2D eigenvalue weighted by molar-refractivity contribution is 7.16. The first-order chi connectivity index (χ1) is 12.2. The van der Waals surface area contributed by atoms with Crippen LogP contribution in [0, 0.1) is 0 Å². The molecular formula is C19H19ClN2O2S. The number of halogens is 1. The number of benzene rings is 2. The summed E-state index contributed by atoms with van der Waals surface area (Å²) >= 11 is 7.67. The lowest BCUT2D eigenvalue weighted by atomic mass is 10.1. The first-order valence-corrected chi connectivity index (χ1v) is 9.27. The van der Waals surface area contributed by atoms with Crippen LogP contribution in [0.4, 0.5) is 0 Å². The lowest BCUT2D eigenvalue weighted by Crippen LogP contribution is -2.19. The van der Waals surface area contributed by atoms with Crippen molar-refractivity contribution in [1.82, 2.24) is 4.57 Å². The zero-order chi connectivity index (χ0) is 17.6. The molecule has 6 heteroatoms. The Kier molecular flexibility index (Phi) is 6.02. The van der Waals surface area contributed by atoms with Crippen molar-refractivity contribution >= 4 is 39.1 Å². The van der Waals surface area contributed by atoms with Crippen molar-refractivity contribution in [1.29, 1.82) is 0 Å². The molecule has 1 aromatic heterocycles. The Morgan fingerprint density at radius 1 is 1.20 bits per heavy atom. The molecule has 3 rings (SSSR count). The van der Waals surface area contributed by atoms with Gasteiger partial charge in [-0.25, -0.2) is 0 Å². The number of hydrogen-bond donors (Lipinski definition) is 0. The second-order valence-electron chi connectivity index (χ2n) is 5.59. The number of ether oxygens (including phenoxy) is 1. The van der Waals surface area contributed by atoms with Gasteiger partial charge in [-0.1, -0.05) is 53.3 Å². The molecule has 1 heterocycles. The van der Waals surface area contributed by atoms with Crippen LogP contribution in [0.2, 0.25) is 5.02 Å². The quantitative estimate of drug-likeness (QED) is 0.653. The first kappa shape index (κ1) is 17.9. The van der Waals surface area contributed by atoms with E-state index >= 15 is 0 Å². The second kappa shape index (κ2) is 8.43. The molecule has 4 nitrogen and oxygen atoms in total. The maximum absolute atomic E-state index is 12.4. The van der Waals surface area contributed by atoms with Crippen LogP contribution in [-0.2, 0) is 22.5 Å². The van der Waals surface area contributed by atoms with Crippen molar-refractivity contribution < 1.29 is 9.53 Å². The van der Waals surface area contributed by atoms with Gasteiger partial charge in [0.05, 0.1) is 16.8 Å². The lowest BCUT2D eigenvalue weighted by molar-refractivity contribution is -0.118. The fourth-order valence-electron chi connectivity index (χ4n) is 2.61. The smallest absolute Gasteiger partial charge is 0.248 e. The fraction of sp³-hybridized carbons (Fsp3) is 0.263. The van der Waals surface area contributed by atoms with Gasteiger partial charge in [-0.3, -0.25) is 4.79 Å². The number of carbonyl (C=O) groups excluding carboxylic acids is 1. The van der Waals surface area contributed by atoms with Crippen molar-refractivity contribution in [3.05, 3.63) is 63.9 Å². The number of fused-ring (bicyclic) bond motifs is 1. The fourth-order valence-corrected chi connectivity index (χ4v) is 3.91. The molecule has 0 atom stereocenters. The first-order valence-electron chi connectivity index (χ1n) is 8.07. The molecule has 2 aromatic carbocycles. The zero-order valence-electron chi connectivity index (χ0n) is 13.9. The van der Waals surface area contributed by atoms with Crippen LogP contribution in [0.5, 0.6) is 0 Å². The zero-order valence-corrected chi connectivity index (χ0v) is 15.5. The number of para-hydroxylation sites is 1. The second-order valence-corrected chi connectivity index (χ2v) is 7.01. The molecule has 25 heavy (non-hydrogen) atoms. The van der Waals surface area contributed by atoms with Crippen molar-refractivity contribution in [2.75, 3.05) is 13.7 Å². The van der Waals surface area contributed by atoms with Gasteiger partial charge in [0.1, 0.15) is 0 Å². The summed E-state index contributed by atoms with van der Waals surface area (Å²) in [7, 11) is 1.67. The predicted octanol–water partition coefficient (Wildman–Crippen LogP) is 4.06. The Labute approximate surface area is 155 Å². The molecular weight excluding hydrogens is 356 g/mol. The van der Waals surface area contributed by atoms with Crippen LogP contribution in [-0.4, -0.2) is 24.2 Å². The summed E-state index contributed by atoms with van der Waals surface area (Å²) in [4.78, 5) is 17.4. The SMILES string of the molecule is COCCn1c(=NC(=O)CCc2ccccc2Cl)sc2ccccc21. The summed E-state index contributed by atoms with van der Waals surface area (Å²) in [5.74, 6) is -0.141. The molecule has 3 aromatic rings. The van der Waals surface area contributed by atoms with E-state index in [9.17, 15) is 4.79 Å². The van der Waals surface area contributed by atoms with E-state index in [1.807, 2.05) is 53.1 Å². The van der Waals surface area contributed by atoms with Crippen LogP contribution in [0.3, 0.4) is 0 Å². The highest BCUT2D eigenvalue weighted by Gasteiger charge is 2.08. The molecule has 0 aliphatic heterocycles. The third-order valence-electron chi connectivity index (χ3n) is 3.89. The number of amides is 1. The minimum Gasteiger partial charge on any atom is -0.383 e. The number of methoxy groups -OCH3 is 1. The van der Waals surface area contributed by atoms with E-state index in [4.69, 9.17) is 16.3 Å². The monoisotopic (exact) mass is 374 g/mol. The Morgan fingerprint density at radius 2 is 1.96 bits per heavy atom. The van der Waals surface area contributed by atoms with Gasteiger partial charge < -0.3 is 9.30 Å². The van der Waals surface area contributed by atoms with E-state index in [1.54, 1.807) is 7.11 Å². The highest BCUT2D eigenvalue weighted by Crippen LogP contribution is 2.18. The highest BCUT2D eigenvalue weighted by atomic mass is 35.5. The Balaban J connectivity index is 1.84. The van der Waals surface area contributed by atoms with Gasteiger partial charge in [-0.2, -0.15) is 4.99 Å². The van der Waals surface area contributed by atoms with Gasteiger partial charge in [-0.05, 0) is 30.2 Å². The van der Waals surface area contributed by atoms with E-state index in [-0.39, 0.29) is 5.91 Å². The van der Waals surface area contributed by atoms with Gasteiger partial charge >= 0.3 is 0 Å². The molecule has 0 fully saturated rings. The van der Waals surface area contributed by atoms with Gasteiger partial charge in [-0.15, -0.1) is 0 Å². The summed E-state index contributed by atoms with van der Waals surface area (Å²) < 4.78 is 8.33. The number of thiazole rings is 1. The van der Waals surface area contributed by atoms with Crippen molar-refractivity contribution in [2.24, 2.45) is 4.99 Å². The van der Waals surface area contributed by atoms with Crippen LogP contribution in [0.1, 0.15) is 12.0 Å². The molecule has 0 spiro atoms. The van der Waals surface area contributed by atoms with E-state index in [2.05, 4.69) is 4.99 Å². The third kappa shape index (κ3) is 4.37. The third-order valence-corrected chi connectivity index (χ3v) is 5.32. The van der Waals surface area contributed by atoms with Gasteiger partial charge in [0.2, 0.25) is 5.91 Å². The van der Waals surface area contributed by atoms with Crippen molar-refractivity contribution in [3.63, 3.8) is 0 Å². The average Bonchev–Trinajstić information content (AvgIpc) is 2.96. The molecule has 1 amide bonds. The van der Waals surface area contributed by atoms with E-state index in [0.717, 1.165) is 15.8 Å². The van der Waals surface area contributed by atoms with Crippen molar-refractivity contribution in [3.8, 4) is 0 Å². The van der Waals surface area contributed by atoms with E-state index in [0.29, 0.717) is 35.8 Å². The predicted molar refractivity (Wildman–Crippen MR) is 102 cm³/mol. The minimum atomic E-state index is -0.141. The number of aryl methyl sites for hydroxylation is 1. The maximum Gasteiger partial charge on any atom is 0.248 e. The van der Waals surface area contributed by atoms with E-state index in [1.165, 1.54) is 11.3 Å². The number of carbonyl (C=O) groups is 1. The van der Waals surface area contributed by atoms with Crippen LogP contribution in [0.25, 0.3) is 10.2 Å². The topological polar surface area (TPSA) is 43.6 Å². The van der Waals surface area contributed by atoms with Crippen LogP contribution in [0.15, 0.2) is 53.5 Å². The van der Waals surface area contributed by atoms with Crippen LogP contribution < -0.4 is 4.80 Å². The van der Waals surface area contributed by atoms with Crippen molar-refractivity contribution in [2.45, 2.75) is 19.4 Å².